The molecule has 1 atom stereocenters. The first-order valence-corrected chi connectivity index (χ1v) is 8.63. The summed E-state index contributed by atoms with van der Waals surface area (Å²) in [6, 6.07) is 6.39. The van der Waals surface area contributed by atoms with E-state index in [0.717, 1.165) is 0 Å². The molecule has 0 aliphatic carbocycles. The zero-order valence-electron chi connectivity index (χ0n) is 15.1. The molecule has 1 aromatic heterocycles. The lowest BCUT2D eigenvalue weighted by atomic mass is 10.3. The molecular weight excluding hydrogens is 376 g/mol. The Labute approximate surface area is 161 Å². The summed E-state index contributed by atoms with van der Waals surface area (Å²) in [6.07, 6.45) is 0.526. The van der Waals surface area contributed by atoms with E-state index in [9.17, 15) is 9.59 Å². The highest BCUT2D eigenvalue weighted by molar-refractivity contribution is 6.33. The molecule has 0 unspecified atom stereocenters. The molecule has 0 bridgehead atoms. The molecule has 0 saturated carbocycles. The number of esters is 2. The van der Waals surface area contributed by atoms with Crippen molar-refractivity contribution >= 4 is 23.5 Å². The molecule has 1 heterocycles. The van der Waals surface area contributed by atoms with Gasteiger partial charge in [-0.3, -0.25) is 0 Å². The van der Waals surface area contributed by atoms with E-state index in [1.165, 1.54) is 6.20 Å². The van der Waals surface area contributed by atoms with Gasteiger partial charge in [-0.1, -0.05) is 11.6 Å². The van der Waals surface area contributed by atoms with Crippen LogP contribution in [0, 0.1) is 0 Å². The van der Waals surface area contributed by atoms with Crippen LogP contribution in [0.5, 0.6) is 17.5 Å². The van der Waals surface area contributed by atoms with Crippen LogP contribution in [0.15, 0.2) is 30.5 Å². The van der Waals surface area contributed by atoms with Gasteiger partial charge in [-0.25, -0.2) is 14.6 Å². The van der Waals surface area contributed by atoms with Crippen LogP contribution in [-0.4, -0.2) is 41.2 Å². The van der Waals surface area contributed by atoms with Crippen molar-refractivity contribution in [3.8, 4) is 17.5 Å². The fourth-order valence-corrected chi connectivity index (χ4v) is 2.11. The van der Waals surface area contributed by atoms with Crippen molar-refractivity contribution in [1.29, 1.82) is 0 Å². The monoisotopic (exact) mass is 394 g/mol. The molecule has 0 radical (unpaired) electrons. The summed E-state index contributed by atoms with van der Waals surface area (Å²) < 4.78 is 20.8. The maximum Gasteiger partial charge on any atom is 0.358 e. The highest BCUT2D eigenvalue weighted by Crippen LogP contribution is 2.24. The van der Waals surface area contributed by atoms with E-state index in [1.807, 2.05) is 0 Å². The molecular formula is C18H19ClN2O6. The van der Waals surface area contributed by atoms with Crippen LogP contribution in [0.2, 0.25) is 5.02 Å². The van der Waals surface area contributed by atoms with E-state index in [1.54, 1.807) is 45.0 Å². The number of ether oxygens (including phenoxy) is 4. The zero-order chi connectivity index (χ0) is 19.8. The van der Waals surface area contributed by atoms with Crippen LogP contribution in [0.4, 0.5) is 0 Å². The van der Waals surface area contributed by atoms with Crippen molar-refractivity contribution in [3.63, 3.8) is 0 Å². The maximum atomic E-state index is 11.8. The number of nitrogens with zero attached hydrogens (tertiary/aromatic N) is 2. The van der Waals surface area contributed by atoms with E-state index in [0.29, 0.717) is 11.5 Å². The Hall–Kier alpha value is -2.87. The third-order valence-corrected chi connectivity index (χ3v) is 3.43. The van der Waals surface area contributed by atoms with Gasteiger partial charge in [-0.15, -0.1) is 0 Å². The fraction of sp³-hybridized carbons (Fsp3) is 0.333. The number of carbonyl (C=O) groups is 2. The molecule has 9 heteroatoms. The number of hydrogen-bond acceptors (Lipinski definition) is 8. The molecule has 2 rings (SSSR count). The summed E-state index contributed by atoms with van der Waals surface area (Å²) >= 11 is 5.91. The molecule has 2 aromatic rings. The molecule has 0 amide bonds. The lowest BCUT2D eigenvalue weighted by Gasteiger charge is -2.13. The topological polar surface area (TPSA) is 96.8 Å². The summed E-state index contributed by atoms with van der Waals surface area (Å²) in [5.74, 6) is -0.235. The van der Waals surface area contributed by atoms with E-state index in [4.69, 9.17) is 30.5 Å². The average Bonchev–Trinajstić information content (AvgIpc) is 2.65. The van der Waals surface area contributed by atoms with Crippen LogP contribution in [0.1, 0.15) is 31.3 Å². The predicted octanol–water partition coefficient (Wildman–Crippen LogP) is 3.43. The minimum Gasteiger partial charge on any atom is -0.479 e. The Morgan fingerprint density at radius 1 is 1.07 bits per heavy atom. The van der Waals surface area contributed by atoms with Gasteiger partial charge in [-0.05, 0) is 45.0 Å². The number of halogens is 1. The summed E-state index contributed by atoms with van der Waals surface area (Å²) in [6.45, 7) is 5.48. The molecule has 0 saturated heterocycles. The Bertz CT molecular complexity index is 797. The molecule has 8 nitrogen and oxygen atoms in total. The standard InChI is InChI=1S/C18H19ClN2O6/c1-4-24-16(22)11(3)26-12-6-8-13(9-7-12)27-18-20-10-14(19)15(21-18)17(23)25-5-2/h6-11H,4-5H2,1-3H3/t11-/m1/s1. The SMILES string of the molecule is CCOC(=O)c1nc(Oc2ccc(O[C@H](C)C(=O)OCC)cc2)ncc1Cl. The van der Waals surface area contributed by atoms with Crippen LogP contribution in [-0.2, 0) is 14.3 Å². The largest absolute Gasteiger partial charge is 0.479 e. The first kappa shape index (κ1) is 20.4. The Kier molecular flexibility index (Phi) is 7.36. The van der Waals surface area contributed by atoms with Crippen molar-refractivity contribution in [3.05, 3.63) is 41.2 Å². The minimum atomic E-state index is -0.733. The first-order chi connectivity index (χ1) is 12.9. The van der Waals surface area contributed by atoms with Crippen LogP contribution in [0.3, 0.4) is 0 Å². The molecule has 0 aliphatic heterocycles. The van der Waals surface area contributed by atoms with E-state index >= 15 is 0 Å². The third-order valence-electron chi connectivity index (χ3n) is 3.16. The Morgan fingerprint density at radius 2 is 1.70 bits per heavy atom. The predicted molar refractivity (Wildman–Crippen MR) is 96.2 cm³/mol. The summed E-state index contributed by atoms with van der Waals surface area (Å²) in [7, 11) is 0. The second-order valence-corrected chi connectivity index (χ2v) is 5.56. The quantitative estimate of drug-likeness (QED) is 0.628. The van der Waals surface area contributed by atoms with Gasteiger partial charge in [0.1, 0.15) is 11.5 Å². The van der Waals surface area contributed by atoms with E-state index < -0.39 is 18.0 Å². The molecule has 27 heavy (non-hydrogen) atoms. The molecule has 0 aliphatic rings. The second kappa shape index (κ2) is 9.72. The first-order valence-electron chi connectivity index (χ1n) is 8.25. The van der Waals surface area contributed by atoms with Gasteiger partial charge >= 0.3 is 17.9 Å². The minimum absolute atomic E-state index is 0.0592. The van der Waals surface area contributed by atoms with E-state index in [-0.39, 0.29) is 29.9 Å². The molecule has 1 aromatic carbocycles. The van der Waals surface area contributed by atoms with Crippen molar-refractivity contribution < 1.29 is 28.5 Å². The number of aromatic nitrogens is 2. The highest BCUT2D eigenvalue weighted by Gasteiger charge is 2.17. The smallest absolute Gasteiger partial charge is 0.358 e. The van der Waals surface area contributed by atoms with Gasteiger partial charge in [0, 0.05) is 0 Å². The van der Waals surface area contributed by atoms with Crippen molar-refractivity contribution in [1.82, 2.24) is 9.97 Å². The van der Waals surface area contributed by atoms with Crippen LogP contribution in [0.25, 0.3) is 0 Å². The van der Waals surface area contributed by atoms with Gasteiger partial charge in [0.2, 0.25) is 0 Å². The molecule has 144 valence electrons. The van der Waals surface area contributed by atoms with Gasteiger partial charge in [0.15, 0.2) is 11.8 Å². The van der Waals surface area contributed by atoms with Crippen molar-refractivity contribution in [2.45, 2.75) is 26.9 Å². The van der Waals surface area contributed by atoms with Crippen molar-refractivity contribution in [2.75, 3.05) is 13.2 Å². The molecule has 0 fully saturated rings. The summed E-state index contributed by atoms with van der Waals surface area (Å²) in [5, 5.41) is 0.0671. The Balaban J connectivity index is 2.05. The number of carbonyl (C=O) groups excluding carboxylic acids is 2. The van der Waals surface area contributed by atoms with Crippen LogP contribution < -0.4 is 9.47 Å². The normalized spacial score (nSPS) is 11.4. The van der Waals surface area contributed by atoms with Crippen LogP contribution >= 0.6 is 11.6 Å². The van der Waals surface area contributed by atoms with E-state index in [2.05, 4.69) is 9.97 Å². The lowest BCUT2D eigenvalue weighted by molar-refractivity contribution is -0.150. The third kappa shape index (κ3) is 5.82. The number of benzene rings is 1. The van der Waals surface area contributed by atoms with Gasteiger partial charge in [0.05, 0.1) is 24.4 Å². The lowest BCUT2D eigenvalue weighted by Crippen LogP contribution is -2.25. The number of hydrogen-bond donors (Lipinski definition) is 0. The highest BCUT2D eigenvalue weighted by atomic mass is 35.5. The molecule has 0 spiro atoms. The van der Waals surface area contributed by atoms with Gasteiger partial charge in [0.25, 0.3) is 0 Å². The second-order valence-electron chi connectivity index (χ2n) is 5.16. The van der Waals surface area contributed by atoms with Gasteiger partial charge < -0.3 is 18.9 Å². The Morgan fingerprint density at radius 3 is 2.33 bits per heavy atom. The number of rotatable bonds is 8. The fourth-order valence-electron chi connectivity index (χ4n) is 1.95. The molecule has 0 N–H and O–H groups in total. The van der Waals surface area contributed by atoms with Gasteiger partial charge in [-0.2, -0.15) is 4.98 Å². The van der Waals surface area contributed by atoms with Crippen molar-refractivity contribution in [2.24, 2.45) is 0 Å². The average molecular weight is 395 g/mol. The summed E-state index contributed by atoms with van der Waals surface area (Å²) in [4.78, 5) is 31.3. The summed E-state index contributed by atoms with van der Waals surface area (Å²) in [5.41, 5.74) is -0.0771. The maximum absolute atomic E-state index is 11.8. The zero-order valence-corrected chi connectivity index (χ0v) is 15.9.